The van der Waals surface area contributed by atoms with Crippen molar-refractivity contribution in [2.45, 2.75) is 74.8 Å². The Morgan fingerprint density at radius 1 is 1.12 bits per heavy atom. The summed E-state index contributed by atoms with van der Waals surface area (Å²) in [6.07, 6.45) is 2.04. The highest BCUT2D eigenvalue weighted by Crippen LogP contribution is 2.57. The Balaban J connectivity index is 1.35. The number of nitrogens with one attached hydrogen (secondary N) is 1. The number of carbonyl (C=O) groups excluding carboxylic acids is 1. The van der Waals surface area contributed by atoms with Crippen molar-refractivity contribution in [2.75, 3.05) is 18.7 Å². The summed E-state index contributed by atoms with van der Waals surface area (Å²) < 4.78 is 72.8. The van der Waals surface area contributed by atoms with Gasteiger partial charge in [-0.3, -0.25) is 4.79 Å². The third-order valence-corrected chi connectivity index (χ3v) is 8.81. The Kier molecular flexibility index (Phi) is 7.31. The predicted octanol–water partition coefficient (Wildman–Crippen LogP) is 5.76. The van der Waals surface area contributed by atoms with E-state index in [1.54, 1.807) is 30.3 Å². The molecule has 2 saturated carbocycles. The zero-order valence-corrected chi connectivity index (χ0v) is 22.6. The van der Waals surface area contributed by atoms with E-state index < -0.39 is 17.8 Å². The highest BCUT2D eigenvalue weighted by Gasteiger charge is 2.57. The van der Waals surface area contributed by atoms with Crippen LogP contribution < -0.4 is 15.3 Å². The number of alkyl halides is 3. The molecule has 1 N–H and O–H groups in total. The van der Waals surface area contributed by atoms with Gasteiger partial charge < -0.3 is 14.2 Å². The summed E-state index contributed by atoms with van der Waals surface area (Å²) in [5, 5.41) is 4.49. The third-order valence-electron chi connectivity index (χ3n) is 8.81. The fraction of sp³-hybridized carbons (Fsp3) is 0.517. The van der Waals surface area contributed by atoms with E-state index in [2.05, 4.69) is 5.10 Å². The van der Waals surface area contributed by atoms with Gasteiger partial charge in [-0.05, 0) is 86.0 Å². The second-order valence-corrected chi connectivity index (χ2v) is 11.2. The molecule has 1 spiro atoms. The molecule has 12 heteroatoms. The first kappa shape index (κ1) is 27.8. The van der Waals surface area contributed by atoms with Gasteiger partial charge in [0.15, 0.2) is 0 Å². The molecule has 2 unspecified atom stereocenters. The lowest BCUT2D eigenvalue weighted by molar-refractivity contribution is -0.259. The largest absolute Gasteiger partial charge is 0.497 e. The number of benzene rings is 2. The van der Waals surface area contributed by atoms with E-state index in [0.717, 1.165) is 48.2 Å². The number of nitrogens with zero attached hydrogens (tertiary/aromatic N) is 3. The molecule has 4 atom stereocenters. The molecule has 2 aromatic rings. The molecule has 6 rings (SSSR count). The highest BCUT2D eigenvalue weighted by atomic mass is 19.4. The lowest BCUT2D eigenvalue weighted by atomic mass is 9.76. The highest BCUT2D eigenvalue weighted by molar-refractivity contribution is 5.79. The Morgan fingerprint density at radius 2 is 1.88 bits per heavy atom. The number of rotatable bonds is 6. The van der Waals surface area contributed by atoms with E-state index in [1.165, 1.54) is 19.2 Å². The number of halogens is 4. The molecular formula is C29H32F4N4O4. The zero-order valence-electron chi connectivity index (χ0n) is 22.6. The van der Waals surface area contributed by atoms with Gasteiger partial charge in [0.1, 0.15) is 17.9 Å². The monoisotopic (exact) mass is 576 g/mol. The molecule has 2 aliphatic carbocycles. The number of carbonyl (C=O) groups is 1. The number of methoxy groups -OCH3 is 1. The standard InChI is InChI=1S/C29H32F4N4O4/c1-39-27(38)23-12-13-28(26(23)18-6-8-20(30)9-7-18)15-19(16-40-28)24-14-21(36-17-34-35-37(36)29(31,32)33)10-11-25(24)41-22-4-2-3-5-22/h6-11,14,17,19,22-23,26,35H,2-5,12-13,15-16H2,1H3/t19?,23?,26-,28-/m1/s1. The summed E-state index contributed by atoms with van der Waals surface area (Å²) in [4.78, 5) is 12.8. The van der Waals surface area contributed by atoms with Gasteiger partial charge in [-0.1, -0.05) is 12.1 Å². The number of esters is 1. The van der Waals surface area contributed by atoms with Gasteiger partial charge in [0, 0.05) is 17.4 Å². The van der Waals surface area contributed by atoms with Crippen LogP contribution in [-0.2, 0) is 14.3 Å². The average Bonchev–Trinajstić information content (AvgIpc) is 3.77. The van der Waals surface area contributed by atoms with Crippen molar-refractivity contribution in [3.8, 4) is 5.75 Å². The van der Waals surface area contributed by atoms with E-state index in [4.69, 9.17) is 14.2 Å². The molecule has 4 aliphatic rings. The topological polar surface area (TPSA) is 75.6 Å². The van der Waals surface area contributed by atoms with E-state index in [-0.39, 0.29) is 40.5 Å². The number of anilines is 1. The smallest absolute Gasteiger partial charge is 0.490 e. The number of hydrazone groups is 1. The Morgan fingerprint density at radius 3 is 2.59 bits per heavy atom. The van der Waals surface area contributed by atoms with Crippen LogP contribution >= 0.6 is 0 Å². The maximum Gasteiger partial charge on any atom is 0.497 e. The quantitative estimate of drug-likeness (QED) is 0.266. The zero-order chi connectivity index (χ0) is 28.8. The summed E-state index contributed by atoms with van der Waals surface area (Å²) in [6, 6.07) is 11.1. The van der Waals surface area contributed by atoms with Crippen LogP contribution in [0.3, 0.4) is 0 Å². The summed E-state index contributed by atoms with van der Waals surface area (Å²) in [7, 11) is 1.35. The number of ether oxygens (including phenoxy) is 3. The van der Waals surface area contributed by atoms with Crippen LogP contribution in [0, 0.1) is 11.7 Å². The Labute approximate surface area is 235 Å². The van der Waals surface area contributed by atoms with E-state index in [1.807, 2.05) is 5.53 Å². The molecular weight excluding hydrogens is 544 g/mol. The van der Waals surface area contributed by atoms with E-state index in [0.29, 0.717) is 31.6 Å². The minimum Gasteiger partial charge on any atom is -0.490 e. The minimum atomic E-state index is -4.70. The lowest BCUT2D eigenvalue weighted by Gasteiger charge is -2.33. The van der Waals surface area contributed by atoms with Crippen LogP contribution in [0.15, 0.2) is 47.6 Å². The van der Waals surface area contributed by atoms with Gasteiger partial charge in [0.25, 0.3) is 0 Å². The molecule has 2 aromatic carbocycles. The molecule has 0 radical (unpaired) electrons. The van der Waals surface area contributed by atoms with Crippen molar-refractivity contribution >= 4 is 18.0 Å². The second kappa shape index (κ2) is 10.8. The van der Waals surface area contributed by atoms with Gasteiger partial charge in [-0.25, -0.2) is 14.9 Å². The van der Waals surface area contributed by atoms with Crippen LogP contribution in [0.5, 0.6) is 5.75 Å². The second-order valence-electron chi connectivity index (χ2n) is 11.2. The van der Waals surface area contributed by atoms with Crippen molar-refractivity contribution in [2.24, 2.45) is 11.0 Å². The normalized spacial score (nSPS) is 28.5. The van der Waals surface area contributed by atoms with Crippen LogP contribution in [-0.4, -0.2) is 49.1 Å². The van der Waals surface area contributed by atoms with Crippen molar-refractivity contribution in [3.63, 3.8) is 0 Å². The minimum absolute atomic E-state index is 0.00124. The molecule has 0 bridgehead atoms. The average molecular weight is 577 g/mol. The summed E-state index contributed by atoms with van der Waals surface area (Å²) in [5.74, 6) is -1.13. The number of hydrazine groups is 2. The first-order valence-corrected chi connectivity index (χ1v) is 13.9. The van der Waals surface area contributed by atoms with Crippen LogP contribution in [0.4, 0.5) is 23.2 Å². The maximum absolute atomic E-state index is 13.8. The molecule has 0 aromatic heterocycles. The molecule has 2 aliphatic heterocycles. The Hall–Kier alpha value is -3.38. The van der Waals surface area contributed by atoms with Crippen LogP contribution in [0.1, 0.15) is 67.9 Å². The molecule has 3 fully saturated rings. The van der Waals surface area contributed by atoms with Gasteiger partial charge in [0.05, 0.1) is 37.0 Å². The lowest BCUT2D eigenvalue weighted by Crippen LogP contribution is -2.52. The predicted molar refractivity (Wildman–Crippen MR) is 141 cm³/mol. The molecule has 0 amide bonds. The number of hydrogen-bond acceptors (Lipinski definition) is 8. The summed E-state index contributed by atoms with van der Waals surface area (Å²) in [6.45, 7) is 0.297. The van der Waals surface area contributed by atoms with Gasteiger partial charge in [-0.2, -0.15) is 18.3 Å². The van der Waals surface area contributed by atoms with Crippen molar-refractivity contribution < 1.29 is 36.6 Å². The van der Waals surface area contributed by atoms with Gasteiger partial charge >= 0.3 is 12.3 Å². The molecule has 8 nitrogen and oxygen atoms in total. The fourth-order valence-electron chi connectivity index (χ4n) is 6.98. The molecule has 1 saturated heterocycles. The van der Waals surface area contributed by atoms with Crippen molar-refractivity contribution in [1.82, 2.24) is 10.7 Å². The molecule has 41 heavy (non-hydrogen) atoms. The Bertz CT molecular complexity index is 1300. The molecule has 2 heterocycles. The SMILES string of the molecule is COC(=O)C1CC[C@@]2(CC(c3cc(N4C=NNN4C(F)(F)F)ccc3OC3CCCC3)CO2)[C@@H]1c1ccc(F)cc1. The van der Waals surface area contributed by atoms with E-state index in [9.17, 15) is 22.4 Å². The van der Waals surface area contributed by atoms with Crippen LogP contribution in [0.25, 0.3) is 0 Å². The molecule has 220 valence electrons. The van der Waals surface area contributed by atoms with Gasteiger partial charge in [-0.15, -0.1) is 0 Å². The van der Waals surface area contributed by atoms with Crippen molar-refractivity contribution in [3.05, 3.63) is 59.4 Å². The maximum atomic E-state index is 13.8. The van der Waals surface area contributed by atoms with Gasteiger partial charge in [0.2, 0.25) is 0 Å². The summed E-state index contributed by atoms with van der Waals surface area (Å²) >= 11 is 0. The van der Waals surface area contributed by atoms with Crippen molar-refractivity contribution in [1.29, 1.82) is 0 Å². The third kappa shape index (κ3) is 5.23. The fourth-order valence-corrected chi connectivity index (χ4v) is 6.98. The first-order chi connectivity index (χ1) is 19.7. The first-order valence-electron chi connectivity index (χ1n) is 13.9. The van der Waals surface area contributed by atoms with Crippen LogP contribution in [0.2, 0.25) is 0 Å². The number of hydrogen-bond donors (Lipinski definition) is 1. The van der Waals surface area contributed by atoms with E-state index >= 15 is 0 Å². The summed E-state index contributed by atoms with van der Waals surface area (Å²) in [5.41, 5.74) is 3.04.